The minimum absolute atomic E-state index is 0.129. The van der Waals surface area contributed by atoms with Gasteiger partial charge in [0, 0.05) is 36.3 Å². The van der Waals surface area contributed by atoms with E-state index in [1.165, 1.54) is 16.8 Å². The summed E-state index contributed by atoms with van der Waals surface area (Å²) >= 11 is 0. The van der Waals surface area contributed by atoms with E-state index in [0.29, 0.717) is 18.6 Å². The predicted molar refractivity (Wildman–Crippen MR) is 127 cm³/mol. The molecule has 2 aliphatic heterocycles. The van der Waals surface area contributed by atoms with E-state index in [0.717, 1.165) is 76.7 Å². The van der Waals surface area contributed by atoms with Crippen molar-refractivity contribution in [2.75, 3.05) is 26.2 Å². The van der Waals surface area contributed by atoms with Crippen LogP contribution in [0.3, 0.4) is 0 Å². The molecule has 4 aliphatic rings. The largest absolute Gasteiger partial charge is 0.448 e. The Kier molecular flexibility index (Phi) is 6.89. The van der Waals surface area contributed by atoms with E-state index in [-0.39, 0.29) is 11.3 Å². The van der Waals surface area contributed by atoms with Gasteiger partial charge in [0.05, 0.1) is 6.61 Å². The number of carbonyl (C=O) groups is 2. The first-order chi connectivity index (χ1) is 15.4. The normalized spacial score (nSPS) is 27.2. The number of hydrogen-bond acceptors (Lipinski definition) is 4. The molecule has 0 N–H and O–H groups in total. The summed E-state index contributed by atoms with van der Waals surface area (Å²) < 4.78 is 5.00. The van der Waals surface area contributed by atoms with Gasteiger partial charge in [0.2, 0.25) is 5.91 Å². The van der Waals surface area contributed by atoms with Crippen molar-refractivity contribution in [2.45, 2.75) is 85.1 Å². The van der Waals surface area contributed by atoms with Crippen molar-refractivity contribution in [2.24, 2.45) is 16.3 Å². The number of aliphatic imine (C=N–C) groups is 1. The third kappa shape index (κ3) is 4.43. The summed E-state index contributed by atoms with van der Waals surface area (Å²) in [6, 6.07) is 0.521. The van der Waals surface area contributed by atoms with Crippen molar-refractivity contribution in [3.05, 3.63) is 22.9 Å². The molecule has 176 valence electrons. The number of amides is 2. The van der Waals surface area contributed by atoms with Crippen LogP contribution in [-0.4, -0.2) is 59.8 Å². The highest BCUT2D eigenvalue weighted by atomic mass is 16.5. The molecule has 0 aromatic heterocycles. The molecule has 32 heavy (non-hydrogen) atoms. The van der Waals surface area contributed by atoms with Gasteiger partial charge in [-0.25, -0.2) is 4.79 Å². The molecule has 2 aliphatic carbocycles. The third-order valence-corrected chi connectivity index (χ3v) is 8.22. The molecular formula is C26H39N3O3. The van der Waals surface area contributed by atoms with E-state index >= 15 is 0 Å². The fourth-order valence-electron chi connectivity index (χ4n) is 6.17. The SMILES string of the molecule is CCOC(=O)/N=C1/CCC1CC(CC)N1CCC2(CC1)CN(C(C)=O)C1=C2C=C(C)CC1. The summed E-state index contributed by atoms with van der Waals surface area (Å²) in [5.74, 6) is 0.604. The topological polar surface area (TPSA) is 62.2 Å². The molecule has 2 atom stereocenters. The second-order valence-electron chi connectivity index (χ2n) is 10.1. The Bertz CT molecular complexity index is 848. The fourth-order valence-corrected chi connectivity index (χ4v) is 6.17. The summed E-state index contributed by atoms with van der Waals surface area (Å²) in [5, 5.41) is 0. The molecule has 2 amide bonds. The molecule has 1 spiro atoms. The van der Waals surface area contributed by atoms with Crippen LogP contribution < -0.4 is 0 Å². The van der Waals surface area contributed by atoms with Gasteiger partial charge in [-0.15, -0.1) is 0 Å². The number of likely N-dealkylation sites (tertiary alicyclic amines) is 1. The smallest absolute Gasteiger partial charge is 0.433 e. The van der Waals surface area contributed by atoms with Gasteiger partial charge in [-0.2, -0.15) is 4.99 Å². The van der Waals surface area contributed by atoms with Gasteiger partial charge in [0.25, 0.3) is 0 Å². The van der Waals surface area contributed by atoms with Crippen molar-refractivity contribution in [1.82, 2.24) is 9.80 Å². The Morgan fingerprint density at radius 2 is 1.97 bits per heavy atom. The van der Waals surface area contributed by atoms with Gasteiger partial charge in [-0.05, 0) is 89.8 Å². The maximum atomic E-state index is 12.4. The molecule has 2 heterocycles. The molecular weight excluding hydrogens is 402 g/mol. The van der Waals surface area contributed by atoms with Gasteiger partial charge in [0.1, 0.15) is 0 Å². The van der Waals surface area contributed by atoms with Crippen LogP contribution in [0.1, 0.15) is 79.1 Å². The molecule has 0 aromatic carbocycles. The van der Waals surface area contributed by atoms with E-state index in [1.54, 1.807) is 6.92 Å². The number of fused-ring (bicyclic) bond motifs is 1. The van der Waals surface area contributed by atoms with Gasteiger partial charge in [-0.3, -0.25) is 4.79 Å². The maximum absolute atomic E-state index is 12.4. The zero-order valence-electron chi connectivity index (χ0n) is 20.3. The number of carbonyl (C=O) groups excluding carboxylic acids is 2. The highest BCUT2D eigenvalue weighted by molar-refractivity contribution is 5.98. The van der Waals surface area contributed by atoms with Gasteiger partial charge < -0.3 is 14.5 Å². The molecule has 2 fully saturated rings. The van der Waals surface area contributed by atoms with Crippen LogP contribution >= 0.6 is 0 Å². The second kappa shape index (κ2) is 9.50. The van der Waals surface area contributed by atoms with Crippen LogP contribution in [0, 0.1) is 11.3 Å². The molecule has 6 heteroatoms. The van der Waals surface area contributed by atoms with Crippen molar-refractivity contribution in [1.29, 1.82) is 0 Å². The number of piperidine rings is 1. The Labute approximate surface area is 192 Å². The molecule has 0 radical (unpaired) electrons. The Hall–Kier alpha value is -1.95. The monoisotopic (exact) mass is 441 g/mol. The van der Waals surface area contributed by atoms with Crippen LogP contribution in [0.2, 0.25) is 0 Å². The number of ether oxygens (including phenoxy) is 1. The standard InChI is InChI=1S/C26H39N3O3/c1-5-21(16-20-8-9-23(20)27-25(31)32-6-2)28-13-11-26(12-14-28)17-29(19(4)30)24-10-7-18(3)15-22(24)26/h15,20-21H,5-14,16-17H2,1-4H3/b27-23-. The Morgan fingerprint density at radius 3 is 2.56 bits per heavy atom. The number of nitrogens with zero attached hydrogens (tertiary/aromatic N) is 3. The lowest BCUT2D eigenvalue weighted by Crippen LogP contribution is -2.48. The fraction of sp³-hybridized carbons (Fsp3) is 0.731. The maximum Gasteiger partial charge on any atom is 0.433 e. The lowest BCUT2D eigenvalue weighted by atomic mass is 9.71. The van der Waals surface area contributed by atoms with Gasteiger partial charge in [0.15, 0.2) is 0 Å². The van der Waals surface area contributed by atoms with E-state index in [4.69, 9.17) is 4.74 Å². The molecule has 2 unspecified atom stereocenters. The molecule has 4 rings (SSSR count). The lowest BCUT2D eigenvalue weighted by molar-refractivity contribution is -0.127. The highest BCUT2D eigenvalue weighted by Gasteiger charge is 2.47. The Morgan fingerprint density at radius 1 is 1.22 bits per heavy atom. The van der Waals surface area contributed by atoms with E-state index in [2.05, 4.69) is 34.7 Å². The number of rotatable bonds is 5. The minimum Gasteiger partial charge on any atom is -0.448 e. The first kappa shape index (κ1) is 23.2. The zero-order valence-corrected chi connectivity index (χ0v) is 20.3. The molecule has 0 bridgehead atoms. The van der Waals surface area contributed by atoms with Crippen LogP contribution in [0.4, 0.5) is 4.79 Å². The van der Waals surface area contributed by atoms with Gasteiger partial charge in [-0.1, -0.05) is 18.6 Å². The van der Waals surface area contributed by atoms with Crippen molar-refractivity contribution in [3.8, 4) is 0 Å². The second-order valence-corrected chi connectivity index (χ2v) is 10.1. The van der Waals surface area contributed by atoms with Crippen molar-refractivity contribution >= 4 is 17.7 Å². The van der Waals surface area contributed by atoms with Crippen LogP contribution in [0.25, 0.3) is 0 Å². The number of allylic oxidation sites excluding steroid dienone is 3. The Balaban J connectivity index is 1.41. The van der Waals surface area contributed by atoms with E-state index < -0.39 is 6.09 Å². The molecule has 1 saturated carbocycles. The first-order valence-electron chi connectivity index (χ1n) is 12.5. The average Bonchev–Trinajstić information content (AvgIpc) is 3.07. The van der Waals surface area contributed by atoms with Gasteiger partial charge >= 0.3 is 6.09 Å². The lowest BCUT2D eigenvalue weighted by Gasteiger charge is -2.45. The van der Waals surface area contributed by atoms with Crippen LogP contribution in [0.5, 0.6) is 0 Å². The summed E-state index contributed by atoms with van der Waals surface area (Å²) in [4.78, 5) is 33.0. The van der Waals surface area contributed by atoms with E-state index in [1.807, 2.05) is 6.92 Å². The average molecular weight is 442 g/mol. The minimum atomic E-state index is -0.434. The molecule has 0 aromatic rings. The summed E-state index contributed by atoms with van der Waals surface area (Å²) in [6.07, 6.45) is 10.5. The third-order valence-electron chi connectivity index (χ3n) is 8.22. The summed E-state index contributed by atoms with van der Waals surface area (Å²) in [5.41, 5.74) is 5.34. The summed E-state index contributed by atoms with van der Waals surface area (Å²) in [7, 11) is 0. The van der Waals surface area contributed by atoms with Crippen molar-refractivity contribution < 1.29 is 14.3 Å². The van der Waals surface area contributed by atoms with Crippen LogP contribution in [-0.2, 0) is 9.53 Å². The van der Waals surface area contributed by atoms with Crippen molar-refractivity contribution in [3.63, 3.8) is 0 Å². The molecule has 6 nitrogen and oxygen atoms in total. The predicted octanol–water partition coefficient (Wildman–Crippen LogP) is 5.10. The highest BCUT2D eigenvalue weighted by Crippen LogP contribution is 2.51. The quantitative estimate of drug-likeness (QED) is 0.595. The van der Waals surface area contributed by atoms with Crippen LogP contribution in [0.15, 0.2) is 27.9 Å². The summed E-state index contributed by atoms with van der Waals surface area (Å²) in [6.45, 7) is 11.4. The molecule has 1 saturated heterocycles. The first-order valence-corrected chi connectivity index (χ1v) is 12.5. The van der Waals surface area contributed by atoms with E-state index in [9.17, 15) is 9.59 Å². The zero-order chi connectivity index (χ0) is 22.9. The number of hydrogen-bond donors (Lipinski definition) is 0.